The largest absolute Gasteiger partial charge is 0.497 e. The lowest BCUT2D eigenvalue weighted by molar-refractivity contribution is 0.135. The minimum absolute atomic E-state index is 0.205. The zero-order chi connectivity index (χ0) is 13.0. The summed E-state index contributed by atoms with van der Waals surface area (Å²) in [5.74, 6) is 1.79. The molecule has 1 fully saturated rings. The minimum atomic E-state index is -0.246. The molecule has 100 valence electrons. The predicted octanol–water partition coefficient (Wildman–Crippen LogP) is 3.11. The second-order valence-electron chi connectivity index (χ2n) is 4.96. The van der Waals surface area contributed by atoms with Crippen molar-refractivity contribution in [2.24, 2.45) is 0 Å². The molecule has 1 aromatic carbocycles. The van der Waals surface area contributed by atoms with Crippen LogP contribution in [0.15, 0.2) is 18.2 Å². The summed E-state index contributed by atoms with van der Waals surface area (Å²) in [4.78, 5) is 0. The molecule has 3 heteroatoms. The van der Waals surface area contributed by atoms with Gasteiger partial charge >= 0.3 is 0 Å². The normalized spacial score (nSPS) is 24.4. The second-order valence-corrected chi connectivity index (χ2v) is 4.96. The Balaban J connectivity index is 2.29. The molecule has 1 aliphatic carbocycles. The van der Waals surface area contributed by atoms with Gasteiger partial charge in [0.05, 0.1) is 20.3 Å². The van der Waals surface area contributed by atoms with Crippen molar-refractivity contribution in [2.75, 3.05) is 14.2 Å². The molecule has 0 aromatic heterocycles. The number of hydrogen-bond acceptors (Lipinski definition) is 3. The highest BCUT2D eigenvalue weighted by Gasteiger charge is 2.24. The van der Waals surface area contributed by atoms with Crippen LogP contribution in [0.25, 0.3) is 0 Å². The van der Waals surface area contributed by atoms with Crippen molar-refractivity contribution in [3.05, 3.63) is 23.8 Å². The van der Waals surface area contributed by atoms with E-state index in [1.807, 2.05) is 18.2 Å². The molecule has 0 aliphatic heterocycles. The molecule has 2 unspecified atom stereocenters. The smallest absolute Gasteiger partial charge is 0.122 e. The van der Waals surface area contributed by atoms with Gasteiger partial charge in [-0.2, -0.15) is 0 Å². The molecule has 1 aliphatic rings. The number of methoxy groups -OCH3 is 2. The molecule has 1 saturated carbocycles. The lowest BCUT2D eigenvalue weighted by Gasteiger charge is -2.21. The number of hydrogen-bond donors (Lipinski definition) is 1. The van der Waals surface area contributed by atoms with Crippen LogP contribution in [0.5, 0.6) is 11.5 Å². The summed E-state index contributed by atoms with van der Waals surface area (Å²) in [6, 6.07) is 5.90. The molecule has 0 amide bonds. The van der Waals surface area contributed by atoms with E-state index in [2.05, 4.69) is 0 Å². The van der Waals surface area contributed by atoms with E-state index in [0.717, 1.165) is 36.3 Å². The highest BCUT2D eigenvalue weighted by molar-refractivity contribution is 5.40. The lowest BCUT2D eigenvalue weighted by atomic mass is 9.89. The van der Waals surface area contributed by atoms with Crippen molar-refractivity contribution in [2.45, 2.75) is 44.1 Å². The first-order valence-corrected chi connectivity index (χ1v) is 6.65. The topological polar surface area (TPSA) is 38.7 Å². The predicted molar refractivity (Wildman–Crippen MR) is 71.4 cm³/mol. The molecule has 0 bridgehead atoms. The van der Waals surface area contributed by atoms with Gasteiger partial charge in [0.2, 0.25) is 0 Å². The quantitative estimate of drug-likeness (QED) is 0.838. The third-order valence-electron chi connectivity index (χ3n) is 3.78. The molecule has 1 N–H and O–H groups in total. The Hall–Kier alpha value is -1.22. The first-order chi connectivity index (χ1) is 8.74. The Kier molecular flexibility index (Phi) is 4.48. The Labute approximate surface area is 109 Å². The Morgan fingerprint density at radius 1 is 0.944 bits per heavy atom. The highest BCUT2D eigenvalue weighted by Crippen LogP contribution is 2.35. The maximum absolute atomic E-state index is 10.2. The van der Waals surface area contributed by atoms with Crippen LogP contribution in [-0.4, -0.2) is 25.4 Å². The summed E-state index contributed by atoms with van der Waals surface area (Å²) in [5, 5.41) is 10.2. The molecule has 2 rings (SSSR count). The number of aliphatic hydroxyl groups excluding tert-OH is 1. The van der Waals surface area contributed by atoms with E-state index in [-0.39, 0.29) is 12.0 Å². The second kappa shape index (κ2) is 6.10. The van der Waals surface area contributed by atoms with Gasteiger partial charge in [-0.25, -0.2) is 0 Å². The van der Waals surface area contributed by atoms with Crippen molar-refractivity contribution in [1.82, 2.24) is 0 Å². The zero-order valence-electron chi connectivity index (χ0n) is 11.2. The van der Waals surface area contributed by atoms with Crippen LogP contribution >= 0.6 is 0 Å². The maximum atomic E-state index is 10.2. The van der Waals surface area contributed by atoms with E-state index in [4.69, 9.17) is 9.47 Å². The minimum Gasteiger partial charge on any atom is -0.497 e. The number of ether oxygens (including phenoxy) is 2. The first-order valence-electron chi connectivity index (χ1n) is 6.65. The van der Waals surface area contributed by atoms with E-state index in [1.165, 1.54) is 12.8 Å². The van der Waals surface area contributed by atoms with Crippen LogP contribution in [0, 0.1) is 0 Å². The van der Waals surface area contributed by atoms with E-state index < -0.39 is 0 Å². The van der Waals surface area contributed by atoms with E-state index in [0.29, 0.717) is 0 Å². The van der Waals surface area contributed by atoms with Crippen molar-refractivity contribution in [1.29, 1.82) is 0 Å². The van der Waals surface area contributed by atoms with Crippen molar-refractivity contribution in [3.8, 4) is 11.5 Å². The molecule has 3 nitrogen and oxygen atoms in total. The summed E-state index contributed by atoms with van der Waals surface area (Å²) in [7, 11) is 3.31. The Morgan fingerprint density at radius 3 is 2.17 bits per heavy atom. The van der Waals surface area contributed by atoms with Gasteiger partial charge in [-0.05, 0) is 30.5 Å². The molecular weight excluding hydrogens is 228 g/mol. The Morgan fingerprint density at radius 2 is 1.56 bits per heavy atom. The summed E-state index contributed by atoms with van der Waals surface area (Å²) < 4.78 is 10.6. The molecule has 1 aromatic rings. The fourth-order valence-corrected chi connectivity index (χ4v) is 2.72. The summed E-state index contributed by atoms with van der Waals surface area (Å²) in [6.45, 7) is 0. The monoisotopic (exact) mass is 250 g/mol. The van der Waals surface area contributed by atoms with Gasteiger partial charge < -0.3 is 14.6 Å². The van der Waals surface area contributed by atoms with Gasteiger partial charge in [0.1, 0.15) is 11.5 Å². The van der Waals surface area contributed by atoms with Crippen LogP contribution < -0.4 is 9.47 Å². The summed E-state index contributed by atoms with van der Waals surface area (Å²) in [5.41, 5.74) is 1.13. The molecule has 18 heavy (non-hydrogen) atoms. The van der Waals surface area contributed by atoms with E-state index in [1.54, 1.807) is 14.2 Å². The van der Waals surface area contributed by atoms with Gasteiger partial charge in [0.25, 0.3) is 0 Å². The summed E-state index contributed by atoms with van der Waals surface area (Å²) >= 11 is 0. The molecule has 0 spiro atoms. The molecule has 0 radical (unpaired) electrons. The fourth-order valence-electron chi connectivity index (χ4n) is 2.72. The van der Waals surface area contributed by atoms with Gasteiger partial charge in [0, 0.05) is 12.0 Å². The lowest BCUT2D eigenvalue weighted by Crippen LogP contribution is -2.17. The van der Waals surface area contributed by atoms with Crippen molar-refractivity contribution >= 4 is 0 Å². The molecule has 0 saturated heterocycles. The van der Waals surface area contributed by atoms with Crippen molar-refractivity contribution < 1.29 is 14.6 Å². The first kappa shape index (κ1) is 13.2. The number of benzene rings is 1. The maximum Gasteiger partial charge on any atom is 0.122 e. The van der Waals surface area contributed by atoms with Crippen molar-refractivity contribution in [3.63, 3.8) is 0 Å². The standard InChI is InChI=1S/C15H22O3/c1-17-12-8-11(9-13(10-12)18-2)14-6-4-3-5-7-15(14)16/h8-10,14-16H,3-7H2,1-2H3. The van der Waals surface area contributed by atoms with Gasteiger partial charge in [-0.1, -0.05) is 19.3 Å². The average molecular weight is 250 g/mol. The third kappa shape index (κ3) is 2.96. The van der Waals surface area contributed by atoms with Crippen LogP contribution in [0.2, 0.25) is 0 Å². The van der Waals surface area contributed by atoms with E-state index >= 15 is 0 Å². The van der Waals surface area contributed by atoms with E-state index in [9.17, 15) is 5.11 Å². The van der Waals surface area contributed by atoms with Gasteiger partial charge in [-0.3, -0.25) is 0 Å². The third-order valence-corrected chi connectivity index (χ3v) is 3.78. The number of aliphatic hydroxyl groups is 1. The molecular formula is C15H22O3. The fraction of sp³-hybridized carbons (Fsp3) is 0.600. The number of rotatable bonds is 3. The zero-order valence-corrected chi connectivity index (χ0v) is 11.2. The van der Waals surface area contributed by atoms with Gasteiger partial charge in [0.15, 0.2) is 0 Å². The van der Waals surface area contributed by atoms with Gasteiger partial charge in [-0.15, -0.1) is 0 Å². The Bertz CT molecular complexity index is 367. The van der Waals surface area contributed by atoms with Crippen LogP contribution in [0.4, 0.5) is 0 Å². The van der Waals surface area contributed by atoms with Crippen LogP contribution in [0.1, 0.15) is 43.6 Å². The molecule has 0 heterocycles. The highest BCUT2D eigenvalue weighted by atomic mass is 16.5. The van der Waals surface area contributed by atoms with Crippen LogP contribution in [0.3, 0.4) is 0 Å². The van der Waals surface area contributed by atoms with Crippen LogP contribution in [-0.2, 0) is 0 Å². The summed E-state index contributed by atoms with van der Waals surface area (Å²) in [6.07, 6.45) is 5.21. The molecule has 2 atom stereocenters. The SMILES string of the molecule is COc1cc(OC)cc(C2CCCCCC2O)c1. The average Bonchev–Trinajstić information content (AvgIpc) is 2.62.